The second kappa shape index (κ2) is 4.49. The standard InChI is InChI=1S/C12H15N3OS/c13-8-3-4-11-10(6-8)15-12(16-11)14-9-2-1-5-17-7-9/h3-4,6,9H,1-2,5,7,13H2,(H,14,15). The molecule has 0 amide bonds. The van der Waals surface area contributed by atoms with Crippen LogP contribution in [0.1, 0.15) is 12.8 Å². The summed E-state index contributed by atoms with van der Waals surface area (Å²) >= 11 is 1.98. The first-order chi connectivity index (χ1) is 8.31. The number of nitrogens with zero attached hydrogens (tertiary/aromatic N) is 1. The first-order valence-electron chi connectivity index (χ1n) is 5.81. The molecule has 1 unspecified atom stereocenters. The Bertz CT molecular complexity index is 519. The summed E-state index contributed by atoms with van der Waals surface area (Å²) in [7, 11) is 0. The number of anilines is 2. The number of hydrogen-bond donors (Lipinski definition) is 2. The first-order valence-corrected chi connectivity index (χ1v) is 6.97. The van der Waals surface area contributed by atoms with E-state index in [4.69, 9.17) is 10.2 Å². The van der Waals surface area contributed by atoms with Gasteiger partial charge in [0.05, 0.1) is 0 Å². The summed E-state index contributed by atoms with van der Waals surface area (Å²) in [5.74, 6) is 2.39. The molecule has 0 bridgehead atoms. The number of rotatable bonds is 2. The van der Waals surface area contributed by atoms with Gasteiger partial charge in [-0.15, -0.1) is 0 Å². The molecule has 17 heavy (non-hydrogen) atoms. The van der Waals surface area contributed by atoms with Crippen LogP contribution in [0, 0.1) is 0 Å². The van der Waals surface area contributed by atoms with Crippen LogP contribution < -0.4 is 11.1 Å². The largest absolute Gasteiger partial charge is 0.424 e. The molecule has 0 aliphatic carbocycles. The molecule has 1 aromatic carbocycles. The van der Waals surface area contributed by atoms with Crippen LogP contribution >= 0.6 is 11.8 Å². The number of nitrogen functional groups attached to an aromatic ring is 1. The Balaban J connectivity index is 1.80. The van der Waals surface area contributed by atoms with Crippen LogP contribution in [0.25, 0.3) is 11.1 Å². The molecular weight excluding hydrogens is 234 g/mol. The summed E-state index contributed by atoms with van der Waals surface area (Å²) in [4.78, 5) is 4.40. The molecule has 1 aliphatic rings. The highest BCUT2D eigenvalue weighted by Crippen LogP contribution is 2.24. The summed E-state index contributed by atoms with van der Waals surface area (Å²) in [6.07, 6.45) is 2.45. The average Bonchev–Trinajstić information content (AvgIpc) is 2.71. The fourth-order valence-corrected chi connectivity index (χ4v) is 3.11. The van der Waals surface area contributed by atoms with Crippen molar-refractivity contribution in [1.29, 1.82) is 0 Å². The van der Waals surface area contributed by atoms with E-state index in [9.17, 15) is 0 Å². The monoisotopic (exact) mass is 249 g/mol. The minimum absolute atomic E-state index is 0.471. The number of thioether (sulfide) groups is 1. The van der Waals surface area contributed by atoms with E-state index in [1.54, 1.807) is 0 Å². The van der Waals surface area contributed by atoms with Crippen molar-refractivity contribution in [3.05, 3.63) is 18.2 Å². The first kappa shape index (κ1) is 10.8. The Hall–Kier alpha value is -1.36. The van der Waals surface area contributed by atoms with Crippen LogP contribution in [0.4, 0.5) is 11.7 Å². The summed E-state index contributed by atoms with van der Waals surface area (Å²) in [5.41, 5.74) is 8.02. The van der Waals surface area contributed by atoms with Gasteiger partial charge in [-0.2, -0.15) is 16.7 Å². The van der Waals surface area contributed by atoms with Crippen molar-refractivity contribution in [3.63, 3.8) is 0 Å². The van der Waals surface area contributed by atoms with Gasteiger partial charge < -0.3 is 15.5 Å². The van der Waals surface area contributed by atoms with Crippen LogP contribution in [-0.4, -0.2) is 22.5 Å². The molecule has 0 radical (unpaired) electrons. The number of nitrogens with one attached hydrogen (secondary N) is 1. The fourth-order valence-electron chi connectivity index (χ4n) is 2.04. The number of fused-ring (bicyclic) bond motifs is 1. The Morgan fingerprint density at radius 2 is 2.41 bits per heavy atom. The lowest BCUT2D eigenvalue weighted by atomic mass is 10.2. The molecule has 2 heterocycles. The molecule has 1 aliphatic heterocycles. The average molecular weight is 249 g/mol. The highest BCUT2D eigenvalue weighted by atomic mass is 32.2. The van der Waals surface area contributed by atoms with Gasteiger partial charge in [0.25, 0.3) is 6.01 Å². The third-order valence-electron chi connectivity index (χ3n) is 2.90. The van der Waals surface area contributed by atoms with Gasteiger partial charge in [0.15, 0.2) is 5.58 Å². The minimum atomic E-state index is 0.471. The van der Waals surface area contributed by atoms with Gasteiger partial charge >= 0.3 is 0 Å². The zero-order valence-electron chi connectivity index (χ0n) is 9.48. The van der Waals surface area contributed by atoms with Crippen molar-refractivity contribution in [2.75, 3.05) is 22.6 Å². The van der Waals surface area contributed by atoms with Gasteiger partial charge in [0.1, 0.15) is 5.52 Å². The van der Waals surface area contributed by atoms with E-state index >= 15 is 0 Å². The lowest BCUT2D eigenvalue weighted by Gasteiger charge is -2.21. The second-order valence-corrected chi connectivity index (χ2v) is 5.45. The number of benzene rings is 1. The second-order valence-electron chi connectivity index (χ2n) is 4.30. The van der Waals surface area contributed by atoms with Crippen LogP contribution in [-0.2, 0) is 0 Å². The lowest BCUT2D eigenvalue weighted by Crippen LogP contribution is -2.25. The van der Waals surface area contributed by atoms with Crippen molar-refractivity contribution in [3.8, 4) is 0 Å². The molecule has 90 valence electrons. The Morgan fingerprint density at radius 3 is 3.24 bits per heavy atom. The Kier molecular flexibility index (Phi) is 2.84. The predicted molar refractivity (Wildman–Crippen MR) is 72.4 cm³/mol. The van der Waals surface area contributed by atoms with E-state index in [1.165, 1.54) is 18.6 Å². The van der Waals surface area contributed by atoms with E-state index in [1.807, 2.05) is 30.0 Å². The van der Waals surface area contributed by atoms with Crippen LogP contribution in [0.5, 0.6) is 0 Å². The maximum Gasteiger partial charge on any atom is 0.295 e. The van der Waals surface area contributed by atoms with Crippen molar-refractivity contribution in [2.45, 2.75) is 18.9 Å². The summed E-state index contributed by atoms with van der Waals surface area (Å²) in [6.45, 7) is 0. The van der Waals surface area contributed by atoms with E-state index in [2.05, 4.69) is 10.3 Å². The lowest BCUT2D eigenvalue weighted by molar-refractivity contribution is 0.586. The van der Waals surface area contributed by atoms with Gasteiger partial charge in [0, 0.05) is 17.5 Å². The van der Waals surface area contributed by atoms with Crippen molar-refractivity contribution >= 4 is 34.6 Å². The third-order valence-corrected chi connectivity index (χ3v) is 4.11. The van der Waals surface area contributed by atoms with Crippen LogP contribution in [0.2, 0.25) is 0 Å². The van der Waals surface area contributed by atoms with E-state index in [-0.39, 0.29) is 0 Å². The molecule has 3 N–H and O–H groups in total. The van der Waals surface area contributed by atoms with Crippen LogP contribution in [0.3, 0.4) is 0 Å². The summed E-state index contributed by atoms with van der Waals surface area (Å²) < 4.78 is 5.64. The molecule has 5 heteroatoms. The zero-order valence-corrected chi connectivity index (χ0v) is 10.3. The smallest absolute Gasteiger partial charge is 0.295 e. The normalized spacial score (nSPS) is 20.6. The van der Waals surface area contributed by atoms with Gasteiger partial charge in [-0.1, -0.05) is 0 Å². The van der Waals surface area contributed by atoms with Crippen molar-refractivity contribution in [1.82, 2.24) is 4.98 Å². The molecule has 4 nitrogen and oxygen atoms in total. The van der Waals surface area contributed by atoms with E-state index in [0.717, 1.165) is 16.9 Å². The van der Waals surface area contributed by atoms with Gasteiger partial charge in [0.2, 0.25) is 0 Å². The van der Waals surface area contributed by atoms with Crippen molar-refractivity contribution < 1.29 is 4.42 Å². The third kappa shape index (κ3) is 2.34. The Morgan fingerprint density at radius 1 is 1.47 bits per heavy atom. The highest BCUT2D eigenvalue weighted by molar-refractivity contribution is 7.99. The number of aromatic nitrogens is 1. The molecule has 1 fully saturated rings. The van der Waals surface area contributed by atoms with Crippen LogP contribution in [0.15, 0.2) is 22.6 Å². The zero-order chi connectivity index (χ0) is 11.7. The number of nitrogens with two attached hydrogens (primary N) is 1. The fraction of sp³-hybridized carbons (Fsp3) is 0.417. The van der Waals surface area contributed by atoms with Gasteiger partial charge in [-0.05, 0) is 36.8 Å². The maximum absolute atomic E-state index is 5.71. The molecule has 0 spiro atoms. The van der Waals surface area contributed by atoms with Gasteiger partial charge in [-0.3, -0.25) is 0 Å². The topological polar surface area (TPSA) is 64.1 Å². The SMILES string of the molecule is Nc1ccc2oc(NC3CCCSC3)nc2c1. The summed E-state index contributed by atoms with van der Waals surface area (Å²) in [6, 6.07) is 6.60. The molecular formula is C12H15N3OS. The Labute approximate surface area is 104 Å². The molecule has 0 saturated carbocycles. The number of hydrogen-bond acceptors (Lipinski definition) is 5. The predicted octanol–water partition coefficient (Wildman–Crippen LogP) is 2.72. The minimum Gasteiger partial charge on any atom is -0.424 e. The van der Waals surface area contributed by atoms with E-state index in [0.29, 0.717) is 17.7 Å². The summed E-state index contributed by atoms with van der Waals surface area (Å²) in [5, 5.41) is 3.35. The van der Waals surface area contributed by atoms with E-state index < -0.39 is 0 Å². The van der Waals surface area contributed by atoms with Gasteiger partial charge in [-0.25, -0.2) is 0 Å². The molecule has 2 aromatic rings. The molecule has 1 aromatic heterocycles. The number of oxazole rings is 1. The maximum atomic E-state index is 5.71. The molecule has 3 rings (SSSR count). The molecule has 1 saturated heterocycles. The van der Waals surface area contributed by atoms with Crippen molar-refractivity contribution in [2.24, 2.45) is 0 Å². The highest BCUT2D eigenvalue weighted by Gasteiger charge is 2.16. The molecule has 1 atom stereocenters. The quantitative estimate of drug-likeness (QED) is 0.801.